The Morgan fingerprint density at radius 2 is 2.05 bits per heavy atom. The summed E-state index contributed by atoms with van der Waals surface area (Å²) >= 11 is 0. The second-order valence-corrected chi connectivity index (χ2v) is 4.36. The Hall–Kier alpha value is -0.570. The molecule has 112 valence electrons. The van der Waals surface area contributed by atoms with E-state index in [4.69, 9.17) is 4.74 Å². The first-order valence-corrected chi connectivity index (χ1v) is 6.54. The molecule has 0 saturated heterocycles. The summed E-state index contributed by atoms with van der Waals surface area (Å²) in [6.45, 7) is 4.93. The highest BCUT2D eigenvalue weighted by molar-refractivity contribution is 14.0. The molecule has 1 fully saturated rings. The summed E-state index contributed by atoms with van der Waals surface area (Å²) in [6.07, 6.45) is 2.59. The lowest BCUT2D eigenvalue weighted by Gasteiger charge is -2.10. The van der Waals surface area contributed by atoms with Crippen LogP contribution in [0.1, 0.15) is 19.8 Å². The zero-order chi connectivity index (χ0) is 13.2. The van der Waals surface area contributed by atoms with Gasteiger partial charge in [0.25, 0.3) is 0 Å². The molecule has 0 aliphatic heterocycles. The standard InChI is InChI=1S/C12H24N4O2.HI/c1-3-13-12(15-8-10-4-5-10)16-9-11(17)14-6-7-18-2;/h10H,3-9H2,1-2H3,(H,14,17)(H2,13,15,16);1H. The van der Waals surface area contributed by atoms with E-state index in [0.717, 1.165) is 19.0 Å². The Labute approximate surface area is 132 Å². The second-order valence-electron chi connectivity index (χ2n) is 4.36. The van der Waals surface area contributed by atoms with Crippen LogP contribution in [0.25, 0.3) is 0 Å². The van der Waals surface area contributed by atoms with Crippen molar-refractivity contribution < 1.29 is 9.53 Å². The maximum absolute atomic E-state index is 11.4. The first kappa shape index (κ1) is 18.4. The van der Waals surface area contributed by atoms with Gasteiger partial charge in [-0.05, 0) is 25.7 Å². The third-order valence-corrected chi connectivity index (χ3v) is 2.61. The van der Waals surface area contributed by atoms with Gasteiger partial charge in [0.2, 0.25) is 5.91 Å². The first-order chi connectivity index (χ1) is 8.76. The highest BCUT2D eigenvalue weighted by Crippen LogP contribution is 2.27. The molecular formula is C12H25IN4O2. The van der Waals surface area contributed by atoms with Gasteiger partial charge in [-0.3, -0.25) is 4.79 Å². The minimum atomic E-state index is -0.0873. The monoisotopic (exact) mass is 384 g/mol. The number of rotatable bonds is 8. The molecule has 1 amide bonds. The van der Waals surface area contributed by atoms with E-state index in [1.54, 1.807) is 7.11 Å². The Kier molecular flexibility index (Phi) is 10.9. The van der Waals surface area contributed by atoms with Gasteiger partial charge in [0.15, 0.2) is 5.96 Å². The van der Waals surface area contributed by atoms with E-state index in [9.17, 15) is 4.79 Å². The first-order valence-electron chi connectivity index (χ1n) is 6.54. The molecule has 0 radical (unpaired) electrons. The lowest BCUT2D eigenvalue weighted by molar-refractivity contribution is -0.119. The molecule has 1 aliphatic rings. The molecule has 1 aliphatic carbocycles. The van der Waals surface area contributed by atoms with Crippen molar-refractivity contribution in [3.63, 3.8) is 0 Å². The lowest BCUT2D eigenvalue weighted by Crippen LogP contribution is -2.39. The molecule has 0 aromatic carbocycles. The summed E-state index contributed by atoms with van der Waals surface area (Å²) in [6, 6.07) is 0. The number of carbonyl (C=O) groups is 1. The van der Waals surface area contributed by atoms with Gasteiger partial charge in [-0.1, -0.05) is 0 Å². The van der Waals surface area contributed by atoms with Crippen LogP contribution in [0.3, 0.4) is 0 Å². The molecule has 1 rings (SSSR count). The van der Waals surface area contributed by atoms with Crippen LogP contribution in [0.2, 0.25) is 0 Å². The van der Waals surface area contributed by atoms with Crippen molar-refractivity contribution in [1.82, 2.24) is 16.0 Å². The maximum atomic E-state index is 11.4. The molecule has 0 heterocycles. The Morgan fingerprint density at radius 3 is 2.63 bits per heavy atom. The number of nitrogens with zero attached hydrogens (tertiary/aromatic N) is 1. The Morgan fingerprint density at radius 1 is 1.32 bits per heavy atom. The summed E-state index contributed by atoms with van der Waals surface area (Å²) in [7, 11) is 1.61. The summed E-state index contributed by atoms with van der Waals surface area (Å²) in [4.78, 5) is 15.7. The lowest BCUT2D eigenvalue weighted by atomic mass is 10.4. The number of halogens is 1. The average molecular weight is 384 g/mol. The number of methoxy groups -OCH3 is 1. The Balaban J connectivity index is 0.00000324. The molecule has 1 saturated carbocycles. The van der Waals surface area contributed by atoms with Crippen LogP contribution in [0.15, 0.2) is 4.99 Å². The van der Waals surface area contributed by atoms with Gasteiger partial charge in [-0.15, -0.1) is 24.0 Å². The number of carbonyl (C=O) groups excluding carboxylic acids is 1. The zero-order valence-corrected chi connectivity index (χ0v) is 14.0. The molecule has 19 heavy (non-hydrogen) atoms. The van der Waals surface area contributed by atoms with Gasteiger partial charge in [-0.25, -0.2) is 4.99 Å². The predicted octanol–water partition coefficient (Wildman–Crippen LogP) is 0.332. The molecule has 0 bridgehead atoms. The smallest absolute Gasteiger partial charge is 0.241 e. The van der Waals surface area contributed by atoms with E-state index in [0.29, 0.717) is 19.1 Å². The van der Waals surface area contributed by atoms with E-state index in [-0.39, 0.29) is 36.4 Å². The van der Waals surface area contributed by atoms with Crippen molar-refractivity contribution in [1.29, 1.82) is 0 Å². The molecule has 6 nitrogen and oxygen atoms in total. The van der Waals surface area contributed by atoms with Gasteiger partial charge in [-0.2, -0.15) is 0 Å². The predicted molar refractivity (Wildman–Crippen MR) is 87.0 cm³/mol. The van der Waals surface area contributed by atoms with Crippen molar-refractivity contribution in [2.75, 3.05) is 39.9 Å². The van der Waals surface area contributed by atoms with Crippen LogP contribution in [0.4, 0.5) is 0 Å². The summed E-state index contributed by atoms with van der Waals surface area (Å²) in [5, 5.41) is 9.09. The third-order valence-electron chi connectivity index (χ3n) is 2.61. The van der Waals surface area contributed by atoms with Gasteiger partial charge < -0.3 is 20.7 Å². The SMILES string of the molecule is CCNC(=NCC(=O)NCCOC)NCC1CC1.I. The third kappa shape index (κ3) is 9.94. The summed E-state index contributed by atoms with van der Waals surface area (Å²) in [5.74, 6) is 1.41. The van der Waals surface area contributed by atoms with Gasteiger partial charge >= 0.3 is 0 Å². The van der Waals surface area contributed by atoms with Crippen molar-refractivity contribution >= 4 is 35.8 Å². The minimum absolute atomic E-state index is 0. The van der Waals surface area contributed by atoms with Crippen molar-refractivity contribution in [2.24, 2.45) is 10.9 Å². The number of hydrogen-bond donors (Lipinski definition) is 3. The molecule has 0 aromatic rings. The second kappa shape index (κ2) is 11.3. The van der Waals surface area contributed by atoms with E-state index in [1.165, 1.54) is 12.8 Å². The summed E-state index contributed by atoms with van der Waals surface area (Å²) in [5.41, 5.74) is 0. The number of guanidine groups is 1. The quantitative estimate of drug-likeness (QED) is 0.244. The van der Waals surface area contributed by atoms with Crippen molar-refractivity contribution in [3.05, 3.63) is 0 Å². The topological polar surface area (TPSA) is 74.8 Å². The number of ether oxygens (including phenoxy) is 1. The van der Waals surface area contributed by atoms with Crippen LogP contribution in [0, 0.1) is 5.92 Å². The van der Waals surface area contributed by atoms with E-state index in [2.05, 4.69) is 20.9 Å². The van der Waals surface area contributed by atoms with Crippen LogP contribution in [0.5, 0.6) is 0 Å². The molecule has 0 atom stereocenters. The van der Waals surface area contributed by atoms with E-state index < -0.39 is 0 Å². The molecule has 0 aromatic heterocycles. The van der Waals surface area contributed by atoms with Crippen LogP contribution in [-0.4, -0.2) is 51.8 Å². The van der Waals surface area contributed by atoms with Gasteiger partial charge in [0.05, 0.1) is 6.61 Å². The summed E-state index contributed by atoms with van der Waals surface area (Å²) < 4.78 is 4.85. The number of amides is 1. The number of nitrogens with one attached hydrogen (secondary N) is 3. The highest BCUT2D eigenvalue weighted by Gasteiger charge is 2.21. The van der Waals surface area contributed by atoms with Gasteiger partial charge in [0, 0.05) is 26.7 Å². The minimum Gasteiger partial charge on any atom is -0.383 e. The highest BCUT2D eigenvalue weighted by atomic mass is 127. The fourth-order valence-electron chi connectivity index (χ4n) is 1.40. The molecule has 7 heteroatoms. The largest absolute Gasteiger partial charge is 0.383 e. The fourth-order valence-corrected chi connectivity index (χ4v) is 1.40. The van der Waals surface area contributed by atoms with E-state index >= 15 is 0 Å². The Bertz CT molecular complexity index is 283. The number of aliphatic imine (C=N–C) groups is 1. The zero-order valence-electron chi connectivity index (χ0n) is 11.7. The van der Waals surface area contributed by atoms with Crippen LogP contribution < -0.4 is 16.0 Å². The molecule has 0 spiro atoms. The molecule has 3 N–H and O–H groups in total. The average Bonchev–Trinajstić information content (AvgIpc) is 3.17. The van der Waals surface area contributed by atoms with Crippen LogP contribution in [-0.2, 0) is 9.53 Å². The molecule has 0 unspecified atom stereocenters. The normalized spacial score (nSPS) is 14.5. The van der Waals surface area contributed by atoms with E-state index in [1.807, 2.05) is 6.92 Å². The van der Waals surface area contributed by atoms with Crippen LogP contribution >= 0.6 is 24.0 Å². The van der Waals surface area contributed by atoms with Crippen molar-refractivity contribution in [3.8, 4) is 0 Å². The van der Waals surface area contributed by atoms with Gasteiger partial charge in [0.1, 0.15) is 6.54 Å². The number of hydrogen-bond acceptors (Lipinski definition) is 3. The molecular weight excluding hydrogens is 359 g/mol. The maximum Gasteiger partial charge on any atom is 0.241 e. The van der Waals surface area contributed by atoms with Crippen molar-refractivity contribution in [2.45, 2.75) is 19.8 Å². The fraction of sp³-hybridized carbons (Fsp3) is 0.833.